The minimum absolute atomic E-state index is 0.0705. The Bertz CT molecular complexity index is 825. The number of hydrogen-bond donors (Lipinski definition) is 1. The van der Waals surface area contributed by atoms with Gasteiger partial charge in [0.05, 0.1) is 5.69 Å². The van der Waals surface area contributed by atoms with Gasteiger partial charge in [-0.1, -0.05) is 12.1 Å². The molecule has 1 saturated heterocycles. The highest BCUT2D eigenvalue weighted by Crippen LogP contribution is 2.39. The van der Waals surface area contributed by atoms with Crippen molar-refractivity contribution in [2.45, 2.75) is 17.2 Å². The van der Waals surface area contributed by atoms with Crippen LogP contribution in [-0.4, -0.2) is 36.6 Å². The maximum absolute atomic E-state index is 12.9. The number of carbonyl (C=O) groups is 2. The van der Waals surface area contributed by atoms with Crippen LogP contribution in [0.1, 0.15) is 22.8 Å². The average molecular weight is 396 g/mol. The number of likely N-dealkylation sites (N-methyl/N-ethyl adjacent to an activating group) is 1. The molecule has 0 radical (unpaired) electrons. The molecule has 138 valence electrons. The molecule has 0 unspecified atom stereocenters. The van der Waals surface area contributed by atoms with Crippen LogP contribution in [0, 0.1) is 5.92 Å². The molecule has 1 aliphatic rings. The lowest BCUT2D eigenvalue weighted by Crippen LogP contribution is -2.32. The standard InChI is InChI=1S/C18H18F2N2O2S2/c1-22-8-11(14-7-10(9-26-14)16(19)20)15(18(22)24)17(23)21-12-5-3-4-6-13(12)25-2/h3-7,9,11,15-16H,8H2,1-2H3,(H,21,23)/t11-,15+/m1/s1. The summed E-state index contributed by atoms with van der Waals surface area (Å²) in [5, 5.41) is 4.22. The lowest BCUT2D eigenvalue weighted by molar-refractivity contribution is -0.135. The minimum Gasteiger partial charge on any atom is -0.344 e. The average Bonchev–Trinajstić information content (AvgIpc) is 3.21. The summed E-state index contributed by atoms with van der Waals surface area (Å²) < 4.78 is 25.8. The first-order valence-electron chi connectivity index (χ1n) is 7.97. The van der Waals surface area contributed by atoms with Crippen molar-refractivity contribution in [1.82, 2.24) is 4.90 Å². The molecule has 0 saturated carbocycles. The van der Waals surface area contributed by atoms with E-state index in [4.69, 9.17) is 0 Å². The Morgan fingerprint density at radius 2 is 2.12 bits per heavy atom. The molecular weight excluding hydrogens is 378 g/mol. The number of para-hydroxylation sites is 1. The number of carbonyl (C=O) groups excluding carboxylic acids is 2. The molecule has 2 aromatic rings. The van der Waals surface area contributed by atoms with E-state index in [9.17, 15) is 18.4 Å². The van der Waals surface area contributed by atoms with E-state index in [0.29, 0.717) is 17.1 Å². The van der Waals surface area contributed by atoms with Crippen LogP contribution < -0.4 is 5.32 Å². The first-order chi connectivity index (χ1) is 12.4. The fourth-order valence-electron chi connectivity index (χ4n) is 3.08. The van der Waals surface area contributed by atoms with Crippen LogP contribution in [-0.2, 0) is 9.59 Å². The number of thiophene rings is 1. The zero-order valence-corrected chi connectivity index (χ0v) is 15.9. The molecule has 2 heterocycles. The lowest BCUT2D eigenvalue weighted by Gasteiger charge is -2.16. The van der Waals surface area contributed by atoms with Gasteiger partial charge in [0.2, 0.25) is 11.8 Å². The molecule has 1 fully saturated rings. The van der Waals surface area contributed by atoms with Crippen LogP contribution in [0.3, 0.4) is 0 Å². The van der Waals surface area contributed by atoms with Crippen molar-refractivity contribution >= 4 is 40.6 Å². The summed E-state index contributed by atoms with van der Waals surface area (Å²) in [7, 11) is 1.63. The van der Waals surface area contributed by atoms with Crippen molar-refractivity contribution < 1.29 is 18.4 Å². The van der Waals surface area contributed by atoms with Crippen molar-refractivity contribution in [2.24, 2.45) is 5.92 Å². The van der Waals surface area contributed by atoms with E-state index in [2.05, 4.69) is 5.32 Å². The van der Waals surface area contributed by atoms with Crippen molar-refractivity contribution in [3.63, 3.8) is 0 Å². The number of anilines is 1. The van der Waals surface area contributed by atoms with Gasteiger partial charge < -0.3 is 10.2 Å². The molecule has 1 N–H and O–H groups in total. The Kier molecular flexibility index (Phi) is 5.62. The van der Waals surface area contributed by atoms with Crippen LogP contribution in [0.5, 0.6) is 0 Å². The Labute approximate surface area is 158 Å². The Morgan fingerprint density at radius 3 is 2.77 bits per heavy atom. The van der Waals surface area contributed by atoms with Gasteiger partial charge in [0.15, 0.2) is 0 Å². The summed E-state index contributed by atoms with van der Waals surface area (Å²) in [6.07, 6.45) is -0.657. The lowest BCUT2D eigenvalue weighted by atomic mass is 9.92. The topological polar surface area (TPSA) is 49.4 Å². The highest BCUT2D eigenvalue weighted by molar-refractivity contribution is 7.98. The predicted molar refractivity (Wildman–Crippen MR) is 100.0 cm³/mol. The molecule has 2 amide bonds. The quantitative estimate of drug-likeness (QED) is 0.608. The van der Waals surface area contributed by atoms with Gasteiger partial charge in [-0.05, 0) is 29.8 Å². The number of amides is 2. The van der Waals surface area contributed by atoms with Gasteiger partial charge in [0.25, 0.3) is 6.43 Å². The molecule has 1 aliphatic heterocycles. The van der Waals surface area contributed by atoms with Gasteiger partial charge in [0.1, 0.15) is 5.92 Å². The molecule has 26 heavy (non-hydrogen) atoms. The van der Waals surface area contributed by atoms with Gasteiger partial charge in [-0.2, -0.15) is 0 Å². The molecular formula is C18H18F2N2O2S2. The monoisotopic (exact) mass is 396 g/mol. The molecule has 3 rings (SSSR count). The fourth-order valence-corrected chi connectivity index (χ4v) is 4.67. The van der Waals surface area contributed by atoms with Crippen molar-refractivity contribution in [2.75, 3.05) is 25.2 Å². The smallest absolute Gasteiger partial charge is 0.264 e. The first kappa shape index (κ1) is 18.8. The van der Waals surface area contributed by atoms with Crippen LogP contribution in [0.2, 0.25) is 0 Å². The van der Waals surface area contributed by atoms with Gasteiger partial charge in [-0.25, -0.2) is 8.78 Å². The van der Waals surface area contributed by atoms with Crippen LogP contribution in [0.15, 0.2) is 40.6 Å². The maximum Gasteiger partial charge on any atom is 0.264 e. The maximum atomic E-state index is 12.9. The Morgan fingerprint density at radius 1 is 1.38 bits per heavy atom. The molecule has 4 nitrogen and oxygen atoms in total. The molecule has 8 heteroatoms. The summed E-state index contributed by atoms with van der Waals surface area (Å²) in [5.74, 6) is -2.04. The summed E-state index contributed by atoms with van der Waals surface area (Å²) in [4.78, 5) is 28.4. The van der Waals surface area contributed by atoms with E-state index in [1.165, 1.54) is 39.4 Å². The second-order valence-corrected chi connectivity index (χ2v) is 7.87. The van der Waals surface area contributed by atoms with Crippen LogP contribution in [0.25, 0.3) is 0 Å². The third-order valence-corrected chi connectivity index (χ3v) is 6.30. The van der Waals surface area contributed by atoms with Crippen LogP contribution >= 0.6 is 23.1 Å². The number of alkyl halides is 2. The van der Waals surface area contributed by atoms with E-state index in [1.807, 2.05) is 24.5 Å². The summed E-state index contributed by atoms with van der Waals surface area (Å²) in [6.45, 7) is 0.338. The zero-order chi connectivity index (χ0) is 18.8. The number of nitrogens with one attached hydrogen (secondary N) is 1. The van der Waals surface area contributed by atoms with Crippen molar-refractivity contribution in [1.29, 1.82) is 0 Å². The summed E-state index contributed by atoms with van der Waals surface area (Å²) in [5.41, 5.74) is 0.574. The molecule has 0 aliphatic carbocycles. The highest BCUT2D eigenvalue weighted by Gasteiger charge is 2.45. The van der Waals surface area contributed by atoms with Gasteiger partial charge in [-0.3, -0.25) is 9.59 Å². The van der Waals surface area contributed by atoms with Gasteiger partial charge in [0, 0.05) is 34.8 Å². The van der Waals surface area contributed by atoms with Crippen molar-refractivity contribution in [3.05, 3.63) is 46.2 Å². The normalized spacial score (nSPS) is 20.0. The van der Waals surface area contributed by atoms with E-state index in [1.54, 1.807) is 13.1 Å². The largest absolute Gasteiger partial charge is 0.344 e. The van der Waals surface area contributed by atoms with E-state index in [-0.39, 0.29) is 11.5 Å². The molecule has 2 atom stereocenters. The van der Waals surface area contributed by atoms with Crippen LogP contribution in [0.4, 0.5) is 14.5 Å². The first-order valence-corrected chi connectivity index (χ1v) is 10.1. The number of likely N-dealkylation sites (tertiary alicyclic amines) is 1. The third kappa shape index (κ3) is 3.61. The number of rotatable bonds is 5. The predicted octanol–water partition coefficient (Wildman–Crippen LogP) is 4.22. The number of thioether (sulfide) groups is 1. The minimum atomic E-state index is -2.56. The molecule has 1 aromatic carbocycles. The number of hydrogen-bond acceptors (Lipinski definition) is 4. The fraction of sp³-hybridized carbons (Fsp3) is 0.333. The van der Waals surface area contributed by atoms with E-state index in [0.717, 1.165) is 4.90 Å². The van der Waals surface area contributed by atoms with E-state index >= 15 is 0 Å². The Balaban J connectivity index is 1.86. The highest BCUT2D eigenvalue weighted by atomic mass is 32.2. The third-order valence-electron chi connectivity index (χ3n) is 4.42. The Hall–Kier alpha value is -1.93. The summed E-state index contributed by atoms with van der Waals surface area (Å²) >= 11 is 2.66. The zero-order valence-electron chi connectivity index (χ0n) is 14.2. The number of benzene rings is 1. The van der Waals surface area contributed by atoms with Gasteiger partial charge in [-0.15, -0.1) is 23.1 Å². The number of halogens is 2. The van der Waals surface area contributed by atoms with E-state index < -0.39 is 24.2 Å². The van der Waals surface area contributed by atoms with Gasteiger partial charge >= 0.3 is 0 Å². The molecule has 0 spiro atoms. The molecule has 0 bridgehead atoms. The summed E-state index contributed by atoms with van der Waals surface area (Å²) in [6, 6.07) is 8.75. The second-order valence-electron chi connectivity index (χ2n) is 6.08. The SMILES string of the molecule is CSc1ccccc1NC(=O)[C@H]1C(=O)N(C)C[C@@H]1c1cc(C(F)F)cs1. The van der Waals surface area contributed by atoms with Crippen molar-refractivity contribution in [3.8, 4) is 0 Å². The number of nitrogens with zero attached hydrogens (tertiary/aromatic N) is 1. The second kappa shape index (κ2) is 7.75. The molecule has 1 aromatic heterocycles.